The molecule has 0 bridgehead atoms. The highest BCUT2D eigenvalue weighted by molar-refractivity contribution is 5.76. The average molecular weight is 261 g/mol. The van der Waals surface area contributed by atoms with Crippen LogP contribution in [-0.4, -0.2) is 67.0 Å². The van der Waals surface area contributed by atoms with Crippen LogP contribution in [0.3, 0.4) is 0 Å². The van der Waals surface area contributed by atoms with Gasteiger partial charge in [0.15, 0.2) is 0 Å². The van der Waals surface area contributed by atoms with E-state index in [0.717, 1.165) is 30.3 Å². The summed E-state index contributed by atoms with van der Waals surface area (Å²) in [7, 11) is 6.44. The molecule has 0 saturated heterocycles. The van der Waals surface area contributed by atoms with Crippen LogP contribution in [0.4, 0.5) is 0 Å². The maximum Gasteiger partial charge on any atom is 0.222 e. The fourth-order valence-electron chi connectivity index (χ4n) is 1.74. The molecule has 0 aromatic rings. The zero-order chi connectivity index (χ0) is 14.2. The van der Waals surface area contributed by atoms with Gasteiger partial charge < -0.3 is 20.0 Å². The van der Waals surface area contributed by atoms with Gasteiger partial charge in [-0.1, -0.05) is 0 Å². The Balaban J connectivity index is 3.80. The summed E-state index contributed by atoms with van der Waals surface area (Å²) >= 11 is 0. The summed E-state index contributed by atoms with van der Waals surface area (Å²) in [4.78, 5) is 11.4. The third-order valence-corrected chi connectivity index (χ3v) is 2.70. The largest absolute Gasteiger partial charge is 0.394 e. The molecule has 2 atom stereocenters. The first-order valence-electron chi connectivity index (χ1n) is 6.63. The van der Waals surface area contributed by atoms with E-state index in [1.165, 1.54) is 0 Å². The lowest BCUT2D eigenvalue weighted by Gasteiger charge is -2.24. The van der Waals surface area contributed by atoms with E-state index in [1.54, 1.807) is 6.92 Å². The van der Waals surface area contributed by atoms with Gasteiger partial charge in [-0.15, -0.1) is 0 Å². The zero-order valence-electron chi connectivity index (χ0n) is 12.1. The molecule has 0 heterocycles. The minimum Gasteiger partial charge on any atom is -0.394 e. The maximum absolute atomic E-state index is 11.4. The Bertz CT molecular complexity index is 237. The zero-order valence-corrected chi connectivity index (χ0v) is 12.1. The highest BCUT2D eigenvalue weighted by Gasteiger charge is 2.13. The number of carbonyl (C=O) groups is 1. The molecule has 5 heteroatoms. The predicted octanol–water partition coefficient (Wildman–Crippen LogP) is 0.111. The van der Waals surface area contributed by atoms with Crippen LogP contribution in [0.5, 0.6) is 0 Å². The van der Waals surface area contributed by atoms with E-state index in [4.69, 9.17) is 5.11 Å². The molecule has 3 N–H and O–H groups in total. The molecule has 108 valence electrons. The van der Waals surface area contributed by atoms with Gasteiger partial charge in [0.1, 0.15) is 0 Å². The highest BCUT2D eigenvalue weighted by Crippen LogP contribution is 2.04. The van der Waals surface area contributed by atoms with Crippen molar-refractivity contribution in [2.45, 2.75) is 44.8 Å². The fourth-order valence-corrected chi connectivity index (χ4v) is 1.74. The Morgan fingerprint density at radius 1 is 1.28 bits per heavy atom. The number of hydrogen-bond donors (Lipinski definition) is 3. The number of carbonyl (C=O) groups excluding carboxylic acids is 1. The monoisotopic (exact) mass is 261 g/mol. The number of unbranched alkanes of at least 4 members (excludes halogenated alkanes) is 1. The van der Waals surface area contributed by atoms with Crippen molar-refractivity contribution in [3.63, 3.8) is 0 Å². The van der Waals surface area contributed by atoms with Crippen LogP contribution in [-0.2, 0) is 4.79 Å². The summed E-state index contributed by atoms with van der Waals surface area (Å²) in [5, 5.41) is 21.0. The second-order valence-corrected chi connectivity index (χ2v) is 6.01. The first-order chi connectivity index (χ1) is 8.24. The summed E-state index contributed by atoms with van der Waals surface area (Å²) in [5.74, 6) is -0.198. The van der Waals surface area contributed by atoms with Crippen molar-refractivity contribution in [3.05, 3.63) is 0 Å². The van der Waals surface area contributed by atoms with E-state index >= 15 is 0 Å². The number of hydrogen-bond acceptors (Lipinski definition) is 3. The van der Waals surface area contributed by atoms with Crippen molar-refractivity contribution in [2.24, 2.45) is 0 Å². The smallest absolute Gasteiger partial charge is 0.222 e. The van der Waals surface area contributed by atoms with Gasteiger partial charge in [0.05, 0.1) is 52.9 Å². The van der Waals surface area contributed by atoms with Gasteiger partial charge in [-0.05, 0) is 26.2 Å². The Kier molecular flexibility index (Phi) is 8.15. The summed E-state index contributed by atoms with van der Waals surface area (Å²) in [6, 6.07) is -0.191. The van der Waals surface area contributed by atoms with Crippen molar-refractivity contribution in [3.8, 4) is 0 Å². The number of aliphatic hydroxyl groups is 2. The fraction of sp³-hybridized carbons (Fsp3) is 0.923. The van der Waals surface area contributed by atoms with Crippen molar-refractivity contribution in [2.75, 3.05) is 34.3 Å². The maximum atomic E-state index is 11.4. The molecular formula is C13H29N2O3+. The Morgan fingerprint density at radius 3 is 2.33 bits per heavy atom. The number of nitrogens with zero attached hydrogens (tertiary/aromatic N) is 1. The van der Waals surface area contributed by atoms with E-state index in [0.29, 0.717) is 0 Å². The third-order valence-electron chi connectivity index (χ3n) is 2.70. The molecule has 18 heavy (non-hydrogen) atoms. The molecule has 1 unspecified atom stereocenters. The van der Waals surface area contributed by atoms with Crippen LogP contribution in [0, 0.1) is 0 Å². The van der Waals surface area contributed by atoms with E-state index in [9.17, 15) is 9.90 Å². The minimum atomic E-state index is -0.637. The van der Waals surface area contributed by atoms with Crippen LogP contribution in [0.15, 0.2) is 0 Å². The van der Waals surface area contributed by atoms with Crippen LogP contribution in [0.1, 0.15) is 32.6 Å². The third kappa shape index (κ3) is 10.5. The predicted molar refractivity (Wildman–Crippen MR) is 72.1 cm³/mol. The van der Waals surface area contributed by atoms with Crippen molar-refractivity contribution >= 4 is 5.91 Å². The standard InChI is InChI=1S/C13H28N2O3/c1-11(17)9-13(18)14-12(10-16)7-5-6-8-15(2,3)4/h11-12,16-17H,5-10H2,1-4H3/p+1/t11?,12-/m0/s1. The summed E-state index contributed by atoms with van der Waals surface area (Å²) in [6.07, 6.45) is 2.29. The van der Waals surface area contributed by atoms with Crippen LogP contribution < -0.4 is 5.32 Å². The normalized spacial score (nSPS) is 15.2. The molecule has 0 saturated carbocycles. The van der Waals surface area contributed by atoms with Crippen molar-refractivity contribution < 1.29 is 19.5 Å². The van der Waals surface area contributed by atoms with Crippen LogP contribution >= 0.6 is 0 Å². The lowest BCUT2D eigenvalue weighted by Crippen LogP contribution is -2.39. The van der Waals surface area contributed by atoms with E-state index in [1.807, 2.05) is 0 Å². The van der Waals surface area contributed by atoms with Gasteiger partial charge in [0, 0.05) is 0 Å². The van der Waals surface area contributed by atoms with Gasteiger partial charge in [-0.2, -0.15) is 0 Å². The van der Waals surface area contributed by atoms with Gasteiger partial charge in [-0.3, -0.25) is 4.79 Å². The number of aliphatic hydroxyl groups excluding tert-OH is 2. The van der Waals surface area contributed by atoms with E-state index < -0.39 is 6.10 Å². The van der Waals surface area contributed by atoms with Crippen LogP contribution in [0.2, 0.25) is 0 Å². The second-order valence-electron chi connectivity index (χ2n) is 6.01. The minimum absolute atomic E-state index is 0.0457. The van der Waals surface area contributed by atoms with Gasteiger partial charge in [-0.25, -0.2) is 0 Å². The van der Waals surface area contributed by atoms with Gasteiger partial charge >= 0.3 is 0 Å². The number of rotatable bonds is 9. The van der Waals surface area contributed by atoms with E-state index in [-0.39, 0.29) is 25.0 Å². The first kappa shape index (κ1) is 17.4. The molecule has 0 rings (SSSR count). The molecule has 0 aromatic carbocycles. The SMILES string of the molecule is CC(O)CC(=O)N[C@H](CO)CCCC[N+](C)(C)C. The molecule has 0 aromatic heterocycles. The van der Waals surface area contributed by atoms with Crippen LogP contribution in [0.25, 0.3) is 0 Å². The van der Waals surface area contributed by atoms with Gasteiger partial charge in [0.2, 0.25) is 5.91 Å². The molecule has 0 fully saturated rings. The Hall–Kier alpha value is -0.650. The lowest BCUT2D eigenvalue weighted by molar-refractivity contribution is -0.870. The van der Waals surface area contributed by atoms with Gasteiger partial charge in [0.25, 0.3) is 0 Å². The molecule has 0 radical (unpaired) electrons. The molecule has 0 spiro atoms. The molecule has 1 amide bonds. The van der Waals surface area contributed by atoms with E-state index in [2.05, 4.69) is 26.5 Å². The quantitative estimate of drug-likeness (QED) is 0.407. The summed E-state index contributed by atoms with van der Waals surface area (Å²) < 4.78 is 0.929. The molecule has 0 aliphatic carbocycles. The molecular weight excluding hydrogens is 232 g/mol. The second kappa shape index (κ2) is 8.45. The average Bonchev–Trinajstić information content (AvgIpc) is 2.19. The molecule has 0 aliphatic rings. The number of nitrogens with one attached hydrogen (secondary N) is 1. The van der Waals surface area contributed by atoms with Crippen molar-refractivity contribution in [1.82, 2.24) is 5.32 Å². The summed E-state index contributed by atoms with van der Waals surface area (Å²) in [5.41, 5.74) is 0. The molecule has 5 nitrogen and oxygen atoms in total. The number of quaternary nitrogens is 1. The Labute approximate surface area is 110 Å². The highest BCUT2D eigenvalue weighted by atomic mass is 16.3. The first-order valence-corrected chi connectivity index (χ1v) is 6.63. The van der Waals surface area contributed by atoms with Crippen molar-refractivity contribution in [1.29, 1.82) is 0 Å². The topological polar surface area (TPSA) is 69.6 Å². The summed E-state index contributed by atoms with van der Waals surface area (Å²) in [6.45, 7) is 2.62. The lowest BCUT2D eigenvalue weighted by atomic mass is 10.1. The Morgan fingerprint density at radius 2 is 1.89 bits per heavy atom. The number of amides is 1. The molecule has 0 aliphatic heterocycles.